The van der Waals surface area contributed by atoms with Crippen molar-refractivity contribution in [2.45, 2.75) is 38.6 Å². The quantitative estimate of drug-likeness (QED) is 0.717. The monoisotopic (exact) mass is 424 g/mol. The van der Waals surface area contributed by atoms with Gasteiger partial charge in [-0.1, -0.05) is 61.7 Å². The molecular formula is C24H25ClN2O3. The van der Waals surface area contributed by atoms with Crippen LogP contribution in [-0.2, 0) is 9.59 Å². The van der Waals surface area contributed by atoms with Crippen LogP contribution in [0.3, 0.4) is 0 Å². The molecule has 1 aliphatic carbocycles. The number of nitrogens with zero attached hydrogens (tertiary/aromatic N) is 1. The van der Waals surface area contributed by atoms with Gasteiger partial charge in [-0.2, -0.15) is 0 Å². The van der Waals surface area contributed by atoms with Gasteiger partial charge < -0.3 is 10.1 Å². The van der Waals surface area contributed by atoms with E-state index in [1.807, 2.05) is 30.3 Å². The van der Waals surface area contributed by atoms with E-state index in [0.717, 1.165) is 19.3 Å². The highest BCUT2D eigenvalue weighted by atomic mass is 35.5. The van der Waals surface area contributed by atoms with Gasteiger partial charge in [0, 0.05) is 11.1 Å². The van der Waals surface area contributed by atoms with E-state index in [1.54, 1.807) is 24.3 Å². The highest BCUT2D eigenvalue weighted by molar-refractivity contribution is 6.32. The van der Waals surface area contributed by atoms with Gasteiger partial charge in [0.15, 0.2) is 11.5 Å². The lowest BCUT2D eigenvalue weighted by molar-refractivity contribution is -0.124. The third-order valence-electron chi connectivity index (χ3n) is 5.78. The van der Waals surface area contributed by atoms with Crippen LogP contribution in [0.25, 0.3) is 6.08 Å². The van der Waals surface area contributed by atoms with Gasteiger partial charge >= 0.3 is 0 Å². The van der Waals surface area contributed by atoms with Gasteiger partial charge in [-0.3, -0.25) is 14.5 Å². The molecule has 1 aliphatic heterocycles. The van der Waals surface area contributed by atoms with Crippen LogP contribution in [0.4, 0.5) is 5.69 Å². The predicted octanol–water partition coefficient (Wildman–Crippen LogP) is 4.80. The van der Waals surface area contributed by atoms with Crippen LogP contribution >= 0.6 is 11.6 Å². The average molecular weight is 425 g/mol. The molecule has 0 radical (unpaired) electrons. The summed E-state index contributed by atoms with van der Waals surface area (Å²) in [6, 6.07) is 14.6. The zero-order chi connectivity index (χ0) is 21.1. The first kappa shape index (κ1) is 20.5. The first-order valence-corrected chi connectivity index (χ1v) is 10.7. The van der Waals surface area contributed by atoms with Crippen molar-refractivity contribution in [3.05, 3.63) is 64.9 Å². The van der Waals surface area contributed by atoms with E-state index in [9.17, 15) is 9.59 Å². The molecule has 2 unspecified atom stereocenters. The molecule has 1 fully saturated rings. The number of para-hydroxylation sites is 2. The first-order valence-electron chi connectivity index (χ1n) is 10.4. The molecule has 0 saturated heterocycles. The van der Waals surface area contributed by atoms with Gasteiger partial charge in [0.25, 0.3) is 5.91 Å². The molecule has 5 nitrogen and oxygen atoms in total. The van der Waals surface area contributed by atoms with Crippen molar-refractivity contribution in [1.29, 1.82) is 0 Å². The second-order valence-corrected chi connectivity index (χ2v) is 8.33. The molecule has 156 valence electrons. The third kappa shape index (κ3) is 4.36. The van der Waals surface area contributed by atoms with E-state index in [1.165, 1.54) is 11.3 Å². The topological polar surface area (TPSA) is 58.6 Å². The Hall–Kier alpha value is -2.79. The minimum atomic E-state index is -0.361. The lowest BCUT2D eigenvalue weighted by Gasteiger charge is -2.32. The van der Waals surface area contributed by atoms with Gasteiger partial charge in [0.1, 0.15) is 6.54 Å². The molecule has 30 heavy (non-hydrogen) atoms. The normalized spacial score (nSPS) is 22.4. The number of rotatable bonds is 4. The summed E-state index contributed by atoms with van der Waals surface area (Å²) in [5.41, 5.74) is 1.27. The summed E-state index contributed by atoms with van der Waals surface area (Å²) in [7, 11) is 0. The summed E-state index contributed by atoms with van der Waals surface area (Å²) in [4.78, 5) is 27.5. The maximum absolute atomic E-state index is 13.2. The molecular weight excluding hydrogens is 400 g/mol. The molecule has 2 aromatic carbocycles. The highest BCUT2D eigenvalue weighted by Crippen LogP contribution is 2.36. The molecule has 2 atom stereocenters. The molecule has 2 aromatic rings. The van der Waals surface area contributed by atoms with Gasteiger partial charge in [-0.25, -0.2) is 0 Å². The fourth-order valence-corrected chi connectivity index (χ4v) is 4.27. The number of carbonyl (C=O) groups is 2. The van der Waals surface area contributed by atoms with Crippen LogP contribution in [0, 0.1) is 5.92 Å². The van der Waals surface area contributed by atoms with Gasteiger partial charge in [0.05, 0.1) is 5.69 Å². The zero-order valence-electron chi connectivity index (χ0n) is 16.9. The van der Waals surface area contributed by atoms with Gasteiger partial charge in [-0.05, 0) is 48.6 Å². The molecule has 2 aliphatic rings. The van der Waals surface area contributed by atoms with Crippen molar-refractivity contribution in [1.82, 2.24) is 5.32 Å². The Bertz CT molecular complexity index is 988. The number of hydrogen-bond donors (Lipinski definition) is 1. The van der Waals surface area contributed by atoms with Crippen LogP contribution in [0.2, 0.25) is 5.02 Å². The lowest BCUT2D eigenvalue weighted by atomic mass is 9.86. The number of amides is 2. The van der Waals surface area contributed by atoms with Crippen LogP contribution < -0.4 is 15.0 Å². The standard InChI is InChI=1S/C24H25ClN2O3/c1-16-8-2-5-11-19(16)26-23(28)15-27-20-12-6-7-13-21(20)30-22(24(27)29)14-17-9-3-4-10-18(17)25/h3-4,6-7,9-10,12-14,16,19H,2,5,8,11,15H2,1H3,(H,26,28). The fourth-order valence-electron chi connectivity index (χ4n) is 4.08. The Morgan fingerprint density at radius 3 is 2.70 bits per heavy atom. The molecule has 0 spiro atoms. The summed E-state index contributed by atoms with van der Waals surface area (Å²) in [5, 5.41) is 3.65. The third-order valence-corrected chi connectivity index (χ3v) is 6.13. The summed E-state index contributed by atoms with van der Waals surface area (Å²) in [6.07, 6.45) is 6.06. The Morgan fingerprint density at radius 1 is 1.17 bits per heavy atom. The maximum atomic E-state index is 13.2. The smallest absolute Gasteiger partial charge is 0.294 e. The largest absolute Gasteiger partial charge is 0.449 e. The van der Waals surface area contributed by atoms with Crippen molar-refractivity contribution >= 4 is 35.2 Å². The van der Waals surface area contributed by atoms with Crippen molar-refractivity contribution in [2.24, 2.45) is 5.92 Å². The Balaban J connectivity index is 1.58. The zero-order valence-corrected chi connectivity index (χ0v) is 17.7. The number of anilines is 1. The number of carbonyl (C=O) groups excluding carboxylic acids is 2. The van der Waals surface area contributed by atoms with Crippen molar-refractivity contribution < 1.29 is 14.3 Å². The van der Waals surface area contributed by atoms with Crippen molar-refractivity contribution in [3.63, 3.8) is 0 Å². The molecule has 4 rings (SSSR count). The molecule has 1 saturated carbocycles. The number of ether oxygens (including phenoxy) is 1. The minimum absolute atomic E-state index is 0.0533. The number of halogens is 1. The van der Waals surface area contributed by atoms with Crippen LogP contribution in [0.15, 0.2) is 54.3 Å². The molecule has 2 amide bonds. The maximum Gasteiger partial charge on any atom is 0.294 e. The number of nitrogens with one attached hydrogen (secondary N) is 1. The summed E-state index contributed by atoms with van der Waals surface area (Å²) in [6.45, 7) is 2.12. The molecule has 6 heteroatoms. The number of fused-ring (bicyclic) bond motifs is 1. The molecule has 1 heterocycles. The van der Waals surface area contributed by atoms with Crippen molar-refractivity contribution in [2.75, 3.05) is 11.4 Å². The Morgan fingerprint density at radius 2 is 1.90 bits per heavy atom. The predicted molar refractivity (Wildman–Crippen MR) is 118 cm³/mol. The molecule has 0 bridgehead atoms. The van der Waals surface area contributed by atoms with E-state index >= 15 is 0 Å². The van der Waals surface area contributed by atoms with Crippen molar-refractivity contribution in [3.8, 4) is 5.75 Å². The lowest BCUT2D eigenvalue weighted by Crippen LogP contribution is -2.48. The highest BCUT2D eigenvalue weighted by Gasteiger charge is 2.32. The number of benzene rings is 2. The van der Waals surface area contributed by atoms with E-state index in [4.69, 9.17) is 16.3 Å². The summed E-state index contributed by atoms with van der Waals surface area (Å²) < 4.78 is 5.86. The number of hydrogen-bond acceptors (Lipinski definition) is 3. The molecule has 0 aromatic heterocycles. The van der Waals surface area contributed by atoms with Gasteiger partial charge in [-0.15, -0.1) is 0 Å². The first-order chi connectivity index (χ1) is 14.5. The SMILES string of the molecule is CC1CCCCC1NC(=O)CN1C(=O)C(=Cc2ccccc2Cl)Oc2ccccc21. The van der Waals surface area contributed by atoms with Crippen LogP contribution in [0.1, 0.15) is 38.2 Å². The van der Waals surface area contributed by atoms with Crippen LogP contribution in [-0.4, -0.2) is 24.4 Å². The average Bonchev–Trinajstić information content (AvgIpc) is 2.74. The summed E-state index contributed by atoms with van der Waals surface area (Å²) in [5.74, 6) is 0.609. The minimum Gasteiger partial charge on any atom is -0.449 e. The second-order valence-electron chi connectivity index (χ2n) is 7.93. The molecule has 1 N–H and O–H groups in total. The second kappa shape index (κ2) is 8.92. The summed E-state index contributed by atoms with van der Waals surface area (Å²) >= 11 is 6.25. The van der Waals surface area contributed by atoms with Crippen LogP contribution in [0.5, 0.6) is 5.75 Å². The van der Waals surface area contributed by atoms with E-state index < -0.39 is 0 Å². The Kier molecular flexibility index (Phi) is 6.09. The van der Waals surface area contributed by atoms with E-state index in [0.29, 0.717) is 27.9 Å². The Labute approximate surface area is 181 Å². The van der Waals surface area contributed by atoms with E-state index in [-0.39, 0.29) is 30.2 Å². The van der Waals surface area contributed by atoms with Gasteiger partial charge in [0.2, 0.25) is 5.91 Å². The van der Waals surface area contributed by atoms with E-state index in [2.05, 4.69) is 12.2 Å². The fraction of sp³-hybridized carbons (Fsp3) is 0.333.